The molecule has 178 valence electrons. The smallest absolute Gasteiger partial charge is 0.341 e. The van der Waals surface area contributed by atoms with Crippen molar-refractivity contribution in [2.75, 3.05) is 13.2 Å². The molecule has 0 atom stereocenters. The molecule has 37 heavy (non-hydrogen) atoms. The van der Waals surface area contributed by atoms with Crippen LogP contribution in [0.25, 0.3) is 0 Å². The summed E-state index contributed by atoms with van der Waals surface area (Å²) in [6.45, 7) is -0.210. The van der Waals surface area contributed by atoms with Crippen molar-refractivity contribution in [1.82, 2.24) is 0 Å². The van der Waals surface area contributed by atoms with E-state index in [2.05, 4.69) is 35.5 Å². The van der Waals surface area contributed by atoms with Crippen LogP contribution in [0.2, 0.25) is 0 Å². The number of ether oxygens (including phenoxy) is 2. The molecule has 0 radical (unpaired) electrons. The summed E-state index contributed by atoms with van der Waals surface area (Å²) in [5.41, 5.74) is 4.31. The van der Waals surface area contributed by atoms with Gasteiger partial charge in [-0.25, -0.2) is 4.79 Å². The molecule has 0 saturated carbocycles. The van der Waals surface area contributed by atoms with E-state index in [1.165, 1.54) is 0 Å². The normalized spacial score (nSPS) is 9.41. The number of benzene rings is 4. The van der Waals surface area contributed by atoms with Gasteiger partial charge in [-0.2, -0.15) is 0 Å². The van der Waals surface area contributed by atoms with Crippen LogP contribution in [0.1, 0.15) is 27.8 Å². The Morgan fingerprint density at radius 2 is 1.00 bits per heavy atom. The molecular weight excluding hydrogens is 460 g/mol. The maximum absolute atomic E-state index is 10.6. The van der Waals surface area contributed by atoms with Crippen LogP contribution in [-0.4, -0.2) is 24.3 Å². The lowest BCUT2D eigenvalue weighted by Crippen LogP contribution is -2.09. The van der Waals surface area contributed by atoms with E-state index >= 15 is 0 Å². The third-order valence-electron chi connectivity index (χ3n) is 4.91. The van der Waals surface area contributed by atoms with Gasteiger partial charge in [0.1, 0.15) is 18.1 Å². The lowest BCUT2D eigenvalue weighted by atomic mass is 10.1. The molecule has 0 aromatic heterocycles. The second kappa shape index (κ2) is 12.9. The SMILES string of the molecule is O=C(O)COc1ccc(OCC#Cc2cc(C#Cc3ccccc3)cc(C#Cc3ccccc3)c2)cc1. The van der Waals surface area contributed by atoms with E-state index in [4.69, 9.17) is 14.6 Å². The van der Waals surface area contributed by atoms with E-state index < -0.39 is 12.6 Å². The molecule has 0 bridgehead atoms. The fourth-order valence-electron chi connectivity index (χ4n) is 3.21. The highest BCUT2D eigenvalue weighted by Gasteiger charge is 2.00. The molecule has 4 aromatic rings. The maximum atomic E-state index is 10.6. The molecule has 4 heteroatoms. The van der Waals surface area contributed by atoms with Gasteiger partial charge < -0.3 is 14.6 Å². The van der Waals surface area contributed by atoms with E-state index in [0.717, 1.165) is 27.8 Å². The molecule has 4 aromatic carbocycles. The molecule has 0 aliphatic carbocycles. The minimum Gasteiger partial charge on any atom is -0.482 e. The van der Waals surface area contributed by atoms with Crippen molar-refractivity contribution >= 4 is 5.97 Å². The van der Waals surface area contributed by atoms with Crippen LogP contribution in [-0.2, 0) is 4.79 Å². The van der Waals surface area contributed by atoms with Gasteiger partial charge in [-0.3, -0.25) is 0 Å². The fourth-order valence-corrected chi connectivity index (χ4v) is 3.21. The first-order chi connectivity index (χ1) is 18.1. The summed E-state index contributed by atoms with van der Waals surface area (Å²) < 4.78 is 10.8. The predicted octanol–water partition coefficient (Wildman–Crippen LogP) is 5.38. The van der Waals surface area contributed by atoms with Gasteiger partial charge in [0.2, 0.25) is 0 Å². The first-order valence-electron chi connectivity index (χ1n) is 11.5. The van der Waals surface area contributed by atoms with Gasteiger partial charge in [0, 0.05) is 27.8 Å². The van der Waals surface area contributed by atoms with Crippen molar-refractivity contribution in [2.24, 2.45) is 0 Å². The Kier molecular flexibility index (Phi) is 8.64. The van der Waals surface area contributed by atoms with E-state index in [-0.39, 0.29) is 6.61 Å². The first kappa shape index (κ1) is 24.7. The molecule has 0 heterocycles. The lowest BCUT2D eigenvalue weighted by molar-refractivity contribution is -0.139. The van der Waals surface area contributed by atoms with Gasteiger partial charge in [-0.05, 0) is 66.7 Å². The summed E-state index contributed by atoms with van der Waals surface area (Å²) in [5.74, 6) is 19.0. The van der Waals surface area contributed by atoms with Crippen molar-refractivity contribution in [3.05, 3.63) is 131 Å². The summed E-state index contributed by atoms with van der Waals surface area (Å²) in [5, 5.41) is 8.69. The van der Waals surface area contributed by atoms with Crippen molar-refractivity contribution in [1.29, 1.82) is 0 Å². The van der Waals surface area contributed by atoms with E-state index in [0.29, 0.717) is 11.5 Å². The number of rotatable bonds is 5. The summed E-state index contributed by atoms with van der Waals surface area (Å²) >= 11 is 0. The van der Waals surface area contributed by atoms with Gasteiger partial charge in [-0.15, -0.1) is 0 Å². The molecular formula is C33H22O4. The van der Waals surface area contributed by atoms with Crippen LogP contribution in [0.4, 0.5) is 0 Å². The Morgan fingerprint density at radius 1 is 0.568 bits per heavy atom. The largest absolute Gasteiger partial charge is 0.482 e. The van der Waals surface area contributed by atoms with Crippen molar-refractivity contribution < 1.29 is 19.4 Å². The highest BCUT2D eigenvalue weighted by Crippen LogP contribution is 2.17. The molecule has 0 aliphatic rings. The minimum atomic E-state index is -1.03. The standard InChI is InChI=1S/C33H22O4/c34-33(35)25-37-32-19-17-31(18-20-32)36-21-7-12-28-22-29(15-13-26-8-3-1-4-9-26)24-30(23-28)16-14-27-10-5-2-6-11-27/h1-6,8-11,17-20,22-24H,21,25H2,(H,34,35). The quantitative estimate of drug-likeness (QED) is 0.388. The zero-order valence-corrected chi connectivity index (χ0v) is 19.9. The molecule has 4 nitrogen and oxygen atoms in total. The van der Waals surface area contributed by atoms with Crippen molar-refractivity contribution in [3.8, 4) is 47.0 Å². The van der Waals surface area contributed by atoms with Crippen LogP contribution in [0.3, 0.4) is 0 Å². The highest BCUT2D eigenvalue weighted by atomic mass is 16.5. The molecule has 0 unspecified atom stereocenters. The first-order valence-corrected chi connectivity index (χ1v) is 11.5. The lowest BCUT2D eigenvalue weighted by Gasteiger charge is -2.05. The van der Waals surface area contributed by atoms with E-state index in [9.17, 15) is 4.79 Å². The monoisotopic (exact) mass is 482 g/mol. The minimum absolute atomic E-state index is 0.181. The van der Waals surface area contributed by atoms with E-state index in [1.807, 2.05) is 78.9 Å². The van der Waals surface area contributed by atoms with Crippen LogP contribution in [0.5, 0.6) is 11.5 Å². The summed E-state index contributed by atoms with van der Waals surface area (Å²) in [6.07, 6.45) is 0. The fraction of sp³-hybridized carbons (Fsp3) is 0.0606. The summed E-state index contributed by atoms with van der Waals surface area (Å²) in [6, 6.07) is 32.2. The second-order valence-electron chi connectivity index (χ2n) is 7.78. The Balaban J connectivity index is 1.49. The summed E-state index contributed by atoms with van der Waals surface area (Å²) in [7, 11) is 0. The Labute approximate surface area is 216 Å². The Morgan fingerprint density at radius 3 is 1.49 bits per heavy atom. The third kappa shape index (κ3) is 8.41. The van der Waals surface area contributed by atoms with Gasteiger partial charge in [0.15, 0.2) is 6.61 Å². The van der Waals surface area contributed by atoms with Gasteiger partial charge in [0.25, 0.3) is 0 Å². The molecule has 0 amide bonds. The number of aliphatic carboxylic acids is 1. The van der Waals surface area contributed by atoms with Gasteiger partial charge >= 0.3 is 5.97 Å². The Bertz CT molecular complexity index is 1460. The Hall–Kier alpha value is -5.37. The van der Waals surface area contributed by atoms with Crippen LogP contribution in [0, 0.1) is 35.5 Å². The zero-order chi connectivity index (χ0) is 25.7. The molecule has 0 saturated heterocycles. The highest BCUT2D eigenvalue weighted by molar-refractivity contribution is 5.68. The van der Waals surface area contributed by atoms with Crippen LogP contribution in [0.15, 0.2) is 103 Å². The molecule has 0 aliphatic heterocycles. The predicted molar refractivity (Wildman–Crippen MR) is 143 cm³/mol. The number of carboxylic acid groups (broad SMARTS) is 1. The van der Waals surface area contributed by atoms with Crippen LogP contribution < -0.4 is 9.47 Å². The van der Waals surface area contributed by atoms with E-state index in [1.54, 1.807) is 24.3 Å². The average molecular weight is 483 g/mol. The summed E-state index contributed by atoms with van der Waals surface area (Å²) in [4.78, 5) is 10.6. The maximum Gasteiger partial charge on any atom is 0.341 e. The van der Waals surface area contributed by atoms with Crippen LogP contribution >= 0.6 is 0 Å². The number of carbonyl (C=O) groups is 1. The molecule has 4 rings (SSSR count). The molecule has 0 fully saturated rings. The average Bonchev–Trinajstić information content (AvgIpc) is 2.94. The topological polar surface area (TPSA) is 55.8 Å². The molecule has 1 N–H and O–H groups in total. The van der Waals surface area contributed by atoms with Crippen molar-refractivity contribution in [3.63, 3.8) is 0 Å². The van der Waals surface area contributed by atoms with Gasteiger partial charge in [-0.1, -0.05) is 71.9 Å². The zero-order valence-electron chi connectivity index (χ0n) is 19.9. The van der Waals surface area contributed by atoms with Crippen molar-refractivity contribution in [2.45, 2.75) is 0 Å². The third-order valence-corrected chi connectivity index (χ3v) is 4.91. The second-order valence-corrected chi connectivity index (χ2v) is 7.78. The number of hydrogen-bond donors (Lipinski definition) is 1. The van der Waals surface area contributed by atoms with Gasteiger partial charge in [0.05, 0.1) is 0 Å². The molecule has 0 spiro atoms. The number of carboxylic acids is 1. The number of hydrogen-bond acceptors (Lipinski definition) is 3.